The van der Waals surface area contributed by atoms with Crippen LogP contribution in [0.3, 0.4) is 0 Å². The van der Waals surface area contributed by atoms with Gasteiger partial charge in [0, 0.05) is 5.92 Å². The van der Waals surface area contributed by atoms with Gasteiger partial charge in [-0.2, -0.15) is 0 Å². The van der Waals surface area contributed by atoms with E-state index in [1.165, 1.54) is 0 Å². The van der Waals surface area contributed by atoms with Crippen LogP contribution in [0.1, 0.15) is 35.4 Å². The number of carbonyl (C=O) groups is 2. The van der Waals surface area contributed by atoms with E-state index in [-0.39, 0.29) is 18.9 Å². The number of benzene rings is 3. The summed E-state index contributed by atoms with van der Waals surface area (Å²) in [5, 5.41) is 13.9. The lowest BCUT2D eigenvalue weighted by Crippen LogP contribution is -2.48. The highest BCUT2D eigenvalue weighted by molar-refractivity contribution is 5.80. The largest absolute Gasteiger partial charge is 0.548 e. The molecule has 3 aromatic rings. The van der Waals surface area contributed by atoms with Gasteiger partial charge in [0.2, 0.25) is 0 Å². The number of nitrogens with one attached hydrogen (secondary N) is 1. The minimum Gasteiger partial charge on any atom is -0.548 e. The summed E-state index contributed by atoms with van der Waals surface area (Å²) in [6, 6.07) is 24.8. The smallest absolute Gasteiger partial charge is 0.407 e. The van der Waals surface area contributed by atoms with Gasteiger partial charge >= 0.3 is 6.09 Å². The van der Waals surface area contributed by atoms with Crippen LogP contribution in [0.15, 0.2) is 78.9 Å². The van der Waals surface area contributed by atoms with Gasteiger partial charge < -0.3 is 20.0 Å². The standard InChI is InChI=1S/C26H25NO4/c28-25(29)24(16-8-11-18-9-2-1-3-10-18)27-26(30)31-17-23-21-14-6-4-12-19(21)20-13-5-7-15-22(20)23/h1-7,9-10,12-15,23-24H,8,11,16-17H2,(H,27,30)(H,28,29)/p-1/t24-/m0/s1. The van der Waals surface area contributed by atoms with Crippen molar-refractivity contribution < 1.29 is 19.4 Å². The number of hydrogen-bond acceptors (Lipinski definition) is 4. The molecule has 0 radical (unpaired) electrons. The summed E-state index contributed by atoms with van der Waals surface area (Å²) in [6.07, 6.45) is 0.890. The number of fused-ring (bicyclic) bond motifs is 3. The van der Waals surface area contributed by atoms with Gasteiger partial charge in [0.15, 0.2) is 0 Å². The molecule has 0 heterocycles. The zero-order valence-electron chi connectivity index (χ0n) is 17.1. The van der Waals surface area contributed by atoms with Gasteiger partial charge in [-0.25, -0.2) is 4.79 Å². The molecule has 1 aliphatic carbocycles. The molecule has 0 spiro atoms. The first kappa shape index (κ1) is 20.7. The first-order valence-corrected chi connectivity index (χ1v) is 10.5. The molecule has 0 aliphatic heterocycles. The van der Waals surface area contributed by atoms with Crippen LogP contribution < -0.4 is 10.4 Å². The molecule has 1 atom stereocenters. The maximum absolute atomic E-state index is 12.3. The fraction of sp³-hybridized carbons (Fsp3) is 0.231. The van der Waals surface area contributed by atoms with E-state index in [0.717, 1.165) is 34.2 Å². The average Bonchev–Trinajstić information content (AvgIpc) is 3.11. The lowest BCUT2D eigenvalue weighted by molar-refractivity contribution is -0.308. The van der Waals surface area contributed by atoms with Crippen LogP contribution >= 0.6 is 0 Å². The predicted molar refractivity (Wildman–Crippen MR) is 116 cm³/mol. The van der Waals surface area contributed by atoms with Crippen LogP contribution in [0.4, 0.5) is 4.79 Å². The molecule has 158 valence electrons. The molecule has 3 aromatic carbocycles. The van der Waals surface area contributed by atoms with E-state index in [1.54, 1.807) is 0 Å². The Morgan fingerprint density at radius 2 is 1.45 bits per heavy atom. The second-order valence-corrected chi connectivity index (χ2v) is 7.72. The van der Waals surface area contributed by atoms with E-state index in [0.29, 0.717) is 6.42 Å². The first-order valence-electron chi connectivity index (χ1n) is 10.5. The Morgan fingerprint density at radius 1 is 0.871 bits per heavy atom. The number of hydrogen-bond donors (Lipinski definition) is 1. The zero-order valence-corrected chi connectivity index (χ0v) is 17.1. The normalized spacial score (nSPS) is 13.2. The van der Waals surface area contributed by atoms with Gasteiger partial charge in [0.25, 0.3) is 0 Å². The van der Waals surface area contributed by atoms with Crippen molar-refractivity contribution in [2.24, 2.45) is 0 Å². The van der Waals surface area contributed by atoms with Crippen molar-refractivity contribution in [3.63, 3.8) is 0 Å². The average molecular weight is 414 g/mol. The molecule has 0 aromatic heterocycles. The Bertz CT molecular complexity index is 1020. The summed E-state index contributed by atoms with van der Waals surface area (Å²) in [6.45, 7) is 0.143. The van der Waals surface area contributed by atoms with Crippen LogP contribution in [0.25, 0.3) is 11.1 Å². The van der Waals surface area contributed by atoms with Crippen molar-refractivity contribution in [3.05, 3.63) is 95.6 Å². The number of carboxylic acid groups (broad SMARTS) is 1. The van der Waals surface area contributed by atoms with Crippen molar-refractivity contribution in [3.8, 4) is 11.1 Å². The topological polar surface area (TPSA) is 78.5 Å². The maximum atomic E-state index is 12.3. The fourth-order valence-corrected chi connectivity index (χ4v) is 4.19. The quantitative estimate of drug-likeness (QED) is 0.610. The molecule has 1 aliphatic rings. The Kier molecular flexibility index (Phi) is 6.32. The summed E-state index contributed by atoms with van der Waals surface area (Å²) >= 11 is 0. The summed E-state index contributed by atoms with van der Waals surface area (Å²) in [5.74, 6) is -1.38. The van der Waals surface area contributed by atoms with Gasteiger partial charge in [0.1, 0.15) is 6.61 Å². The Morgan fingerprint density at radius 3 is 2.06 bits per heavy atom. The summed E-state index contributed by atoms with van der Waals surface area (Å²) in [5.41, 5.74) is 5.62. The molecule has 0 saturated carbocycles. The number of rotatable bonds is 8. The third-order valence-electron chi connectivity index (χ3n) is 5.72. The molecule has 0 fully saturated rings. The number of ether oxygens (including phenoxy) is 1. The number of aliphatic carboxylic acids is 1. The summed E-state index contributed by atoms with van der Waals surface area (Å²) in [4.78, 5) is 23.8. The molecular weight excluding hydrogens is 390 g/mol. The number of alkyl carbamates (subject to hydrolysis) is 1. The number of carboxylic acids is 1. The van der Waals surface area contributed by atoms with Gasteiger partial charge in [0.05, 0.1) is 12.0 Å². The molecule has 1 amide bonds. The van der Waals surface area contributed by atoms with Crippen LogP contribution in [0, 0.1) is 0 Å². The van der Waals surface area contributed by atoms with Crippen molar-refractivity contribution in [1.82, 2.24) is 5.32 Å². The Hall–Kier alpha value is -3.60. The maximum Gasteiger partial charge on any atom is 0.407 e. The number of aryl methyl sites for hydroxylation is 1. The van der Waals surface area contributed by atoms with E-state index in [2.05, 4.69) is 17.4 Å². The second-order valence-electron chi connectivity index (χ2n) is 7.72. The van der Waals surface area contributed by atoms with Crippen molar-refractivity contribution in [2.45, 2.75) is 31.2 Å². The Balaban J connectivity index is 1.34. The van der Waals surface area contributed by atoms with Crippen LogP contribution in [-0.4, -0.2) is 24.7 Å². The van der Waals surface area contributed by atoms with Crippen molar-refractivity contribution in [2.75, 3.05) is 6.61 Å². The molecule has 4 rings (SSSR count). The highest BCUT2D eigenvalue weighted by Crippen LogP contribution is 2.44. The van der Waals surface area contributed by atoms with Crippen molar-refractivity contribution >= 4 is 12.1 Å². The summed E-state index contributed by atoms with van der Waals surface area (Å²) in [7, 11) is 0. The SMILES string of the molecule is O=C(N[C@@H](CCCc1ccccc1)C(=O)[O-])OCC1c2ccccc2-c2ccccc21. The highest BCUT2D eigenvalue weighted by Gasteiger charge is 2.29. The minimum absolute atomic E-state index is 0.0716. The fourth-order valence-electron chi connectivity index (χ4n) is 4.19. The number of amides is 1. The molecule has 31 heavy (non-hydrogen) atoms. The number of carbonyl (C=O) groups excluding carboxylic acids is 2. The van der Waals surface area contributed by atoms with Gasteiger partial charge in [-0.05, 0) is 47.1 Å². The van der Waals surface area contributed by atoms with E-state index in [9.17, 15) is 14.7 Å². The van der Waals surface area contributed by atoms with E-state index in [4.69, 9.17) is 4.74 Å². The first-order chi connectivity index (χ1) is 15.1. The van der Waals surface area contributed by atoms with Crippen LogP contribution in [0.2, 0.25) is 0 Å². The lowest BCUT2D eigenvalue weighted by atomic mass is 9.98. The van der Waals surface area contributed by atoms with Gasteiger partial charge in [-0.3, -0.25) is 0 Å². The van der Waals surface area contributed by atoms with Crippen LogP contribution in [-0.2, 0) is 16.0 Å². The third-order valence-corrected chi connectivity index (χ3v) is 5.72. The minimum atomic E-state index is -1.30. The molecule has 1 N–H and O–H groups in total. The van der Waals surface area contributed by atoms with Gasteiger partial charge in [-0.15, -0.1) is 0 Å². The zero-order chi connectivity index (χ0) is 21.6. The Labute approximate surface area is 181 Å². The molecular formula is C26H24NO4-. The highest BCUT2D eigenvalue weighted by atomic mass is 16.5. The van der Waals surface area contributed by atoms with Crippen molar-refractivity contribution in [1.29, 1.82) is 0 Å². The lowest BCUT2D eigenvalue weighted by Gasteiger charge is -2.20. The van der Waals surface area contributed by atoms with E-state index in [1.807, 2.05) is 66.7 Å². The molecule has 5 heteroatoms. The summed E-state index contributed by atoms with van der Waals surface area (Å²) < 4.78 is 5.44. The van der Waals surface area contributed by atoms with Gasteiger partial charge in [-0.1, -0.05) is 78.9 Å². The molecule has 0 saturated heterocycles. The molecule has 0 bridgehead atoms. The van der Waals surface area contributed by atoms with E-state index >= 15 is 0 Å². The second kappa shape index (κ2) is 9.47. The van der Waals surface area contributed by atoms with E-state index < -0.39 is 18.1 Å². The monoisotopic (exact) mass is 414 g/mol. The molecule has 5 nitrogen and oxygen atoms in total. The molecule has 0 unspecified atom stereocenters. The predicted octanol–water partition coefficient (Wildman–Crippen LogP) is 3.67. The third kappa shape index (κ3) is 4.77. The van der Waals surface area contributed by atoms with Crippen LogP contribution in [0.5, 0.6) is 0 Å².